The van der Waals surface area contributed by atoms with Gasteiger partial charge in [0.2, 0.25) is 0 Å². The van der Waals surface area contributed by atoms with E-state index in [1.807, 2.05) is 0 Å². The maximum atomic E-state index is 11.4. The molecule has 0 bridgehead atoms. The van der Waals surface area contributed by atoms with Crippen LogP contribution in [-0.2, 0) is 0 Å². The lowest BCUT2D eigenvalue weighted by molar-refractivity contribution is -0.0550. The number of hydrogen-bond donors (Lipinski definition) is 3. The molecule has 7 nitrogen and oxygen atoms in total. The van der Waals surface area contributed by atoms with Crippen molar-refractivity contribution in [3.8, 4) is 0 Å². The van der Waals surface area contributed by atoms with E-state index in [1.165, 1.54) is 12.7 Å². The Labute approximate surface area is 95.8 Å². The Balaban J connectivity index is 2.03. The number of hydrogen-bond acceptors (Lipinski definition) is 5. The molecule has 3 atom stereocenters. The van der Waals surface area contributed by atoms with Crippen LogP contribution in [0.3, 0.4) is 0 Å². The van der Waals surface area contributed by atoms with Crippen LogP contribution in [0.25, 0.3) is 11.2 Å². The molecule has 3 N–H and O–H groups in total. The first kappa shape index (κ1) is 10.4. The molecule has 0 aromatic carbocycles. The Kier molecular flexibility index (Phi) is 2.23. The van der Waals surface area contributed by atoms with E-state index >= 15 is 0 Å². The fraction of sp³-hybridized carbons (Fsp3) is 0.500. The van der Waals surface area contributed by atoms with Gasteiger partial charge in [-0.15, -0.1) is 0 Å². The van der Waals surface area contributed by atoms with Gasteiger partial charge in [-0.3, -0.25) is 4.79 Å². The van der Waals surface area contributed by atoms with Crippen molar-refractivity contribution in [2.24, 2.45) is 5.92 Å². The Morgan fingerprint density at radius 3 is 3.06 bits per heavy atom. The molecule has 1 aliphatic carbocycles. The standard InChI is InChI=1S/C10H12N4O3/c15-2-5-1-6(8(5)16)14-4-13-7-9(14)11-3-12-10(7)17/h3-6,8,15-16H,1-2H2,(H,11,12,17)/t5-,6-,8-/m1/s1. The van der Waals surface area contributed by atoms with E-state index in [2.05, 4.69) is 15.0 Å². The molecule has 2 aromatic heterocycles. The number of aliphatic hydroxyl groups excluding tert-OH is 2. The quantitative estimate of drug-likeness (QED) is 0.622. The Bertz CT molecular complexity index is 605. The number of aromatic amines is 1. The van der Waals surface area contributed by atoms with Crippen LogP contribution in [0, 0.1) is 5.92 Å². The molecule has 90 valence electrons. The predicted octanol–water partition coefficient (Wildman–Crippen LogP) is -0.966. The minimum absolute atomic E-state index is 0.0295. The van der Waals surface area contributed by atoms with E-state index in [4.69, 9.17) is 5.11 Å². The van der Waals surface area contributed by atoms with E-state index in [1.54, 1.807) is 4.57 Å². The van der Waals surface area contributed by atoms with Crippen LogP contribution in [0.15, 0.2) is 17.4 Å². The zero-order chi connectivity index (χ0) is 12.0. The molecule has 0 amide bonds. The van der Waals surface area contributed by atoms with Gasteiger partial charge in [-0.2, -0.15) is 0 Å². The molecule has 0 unspecified atom stereocenters. The third kappa shape index (κ3) is 1.39. The molecule has 2 heterocycles. The summed E-state index contributed by atoms with van der Waals surface area (Å²) in [4.78, 5) is 21.9. The zero-order valence-corrected chi connectivity index (χ0v) is 8.95. The molecule has 0 spiro atoms. The fourth-order valence-corrected chi connectivity index (χ4v) is 2.27. The Hall–Kier alpha value is -1.73. The largest absolute Gasteiger partial charge is 0.396 e. The van der Waals surface area contributed by atoms with Crippen LogP contribution in [0.1, 0.15) is 12.5 Å². The van der Waals surface area contributed by atoms with Crippen molar-refractivity contribution < 1.29 is 10.2 Å². The molecule has 1 fully saturated rings. The van der Waals surface area contributed by atoms with Crippen molar-refractivity contribution in [3.05, 3.63) is 23.0 Å². The number of nitrogens with zero attached hydrogens (tertiary/aromatic N) is 3. The molecule has 3 rings (SSSR count). The van der Waals surface area contributed by atoms with Gasteiger partial charge < -0.3 is 19.8 Å². The third-order valence-corrected chi connectivity index (χ3v) is 3.38. The van der Waals surface area contributed by atoms with Crippen LogP contribution >= 0.6 is 0 Å². The summed E-state index contributed by atoms with van der Waals surface area (Å²) in [5.41, 5.74) is 0.447. The van der Waals surface area contributed by atoms with Gasteiger partial charge in [0.1, 0.15) is 0 Å². The second-order valence-corrected chi connectivity index (χ2v) is 4.29. The highest BCUT2D eigenvalue weighted by Crippen LogP contribution is 2.38. The van der Waals surface area contributed by atoms with E-state index < -0.39 is 6.10 Å². The highest BCUT2D eigenvalue weighted by molar-refractivity contribution is 5.69. The minimum Gasteiger partial charge on any atom is -0.396 e. The zero-order valence-electron chi connectivity index (χ0n) is 8.95. The first-order valence-corrected chi connectivity index (χ1v) is 5.41. The fourth-order valence-electron chi connectivity index (χ4n) is 2.27. The van der Waals surface area contributed by atoms with Crippen molar-refractivity contribution in [1.82, 2.24) is 19.5 Å². The Morgan fingerprint density at radius 1 is 1.53 bits per heavy atom. The molecule has 17 heavy (non-hydrogen) atoms. The molecular formula is C10H12N4O3. The monoisotopic (exact) mass is 236 g/mol. The van der Waals surface area contributed by atoms with E-state index in [0.29, 0.717) is 12.1 Å². The molecule has 7 heteroatoms. The maximum Gasteiger partial charge on any atom is 0.278 e. The second-order valence-electron chi connectivity index (χ2n) is 4.29. The molecule has 0 saturated heterocycles. The number of imidazole rings is 1. The van der Waals surface area contributed by atoms with Crippen molar-refractivity contribution in [2.45, 2.75) is 18.6 Å². The van der Waals surface area contributed by atoms with Crippen molar-refractivity contribution in [3.63, 3.8) is 0 Å². The lowest BCUT2D eigenvalue weighted by atomic mass is 9.77. The van der Waals surface area contributed by atoms with E-state index in [9.17, 15) is 9.90 Å². The van der Waals surface area contributed by atoms with Crippen LogP contribution in [0.4, 0.5) is 0 Å². The number of aliphatic hydroxyl groups is 2. The highest BCUT2D eigenvalue weighted by Gasteiger charge is 2.41. The third-order valence-electron chi connectivity index (χ3n) is 3.38. The molecule has 1 saturated carbocycles. The van der Waals surface area contributed by atoms with Crippen molar-refractivity contribution in [1.29, 1.82) is 0 Å². The van der Waals surface area contributed by atoms with Gasteiger partial charge in [-0.05, 0) is 6.42 Å². The topological polar surface area (TPSA) is 104 Å². The molecular weight excluding hydrogens is 224 g/mol. The lowest BCUT2D eigenvalue weighted by Crippen LogP contribution is -2.44. The molecule has 1 aliphatic rings. The summed E-state index contributed by atoms with van der Waals surface area (Å²) in [5, 5.41) is 18.8. The number of H-pyrrole nitrogens is 1. The van der Waals surface area contributed by atoms with E-state index in [0.717, 1.165) is 0 Å². The summed E-state index contributed by atoms with van der Waals surface area (Å²) in [6.45, 7) is -0.0295. The van der Waals surface area contributed by atoms with Crippen LogP contribution in [0.5, 0.6) is 0 Å². The van der Waals surface area contributed by atoms with Crippen molar-refractivity contribution >= 4 is 11.2 Å². The average molecular weight is 236 g/mol. The van der Waals surface area contributed by atoms with Gasteiger partial charge in [-0.1, -0.05) is 0 Å². The SMILES string of the molecule is O=c1[nH]cnc2c1ncn2[C@@H]1C[C@H](CO)[C@H]1O. The molecule has 2 aromatic rings. The van der Waals surface area contributed by atoms with E-state index in [-0.39, 0.29) is 29.6 Å². The van der Waals surface area contributed by atoms with Crippen LogP contribution < -0.4 is 5.56 Å². The van der Waals surface area contributed by atoms with Crippen LogP contribution in [0.2, 0.25) is 0 Å². The number of aromatic nitrogens is 4. The Morgan fingerprint density at radius 2 is 2.35 bits per heavy atom. The number of rotatable bonds is 2. The van der Waals surface area contributed by atoms with Gasteiger partial charge in [0.15, 0.2) is 11.2 Å². The minimum atomic E-state index is -0.613. The predicted molar refractivity (Wildman–Crippen MR) is 58.4 cm³/mol. The highest BCUT2D eigenvalue weighted by atomic mass is 16.3. The number of nitrogens with one attached hydrogen (secondary N) is 1. The first-order valence-electron chi connectivity index (χ1n) is 5.41. The normalized spacial score (nSPS) is 28.2. The summed E-state index contributed by atoms with van der Waals surface area (Å²) in [5.74, 6) is -0.0977. The first-order chi connectivity index (χ1) is 8.22. The summed E-state index contributed by atoms with van der Waals surface area (Å²) in [6, 6.07) is -0.161. The second kappa shape index (κ2) is 3.64. The smallest absolute Gasteiger partial charge is 0.278 e. The summed E-state index contributed by atoms with van der Waals surface area (Å²) in [6.07, 6.45) is 2.88. The summed E-state index contributed by atoms with van der Waals surface area (Å²) < 4.78 is 1.70. The summed E-state index contributed by atoms with van der Waals surface area (Å²) in [7, 11) is 0. The van der Waals surface area contributed by atoms with Gasteiger partial charge in [-0.25, -0.2) is 9.97 Å². The van der Waals surface area contributed by atoms with Crippen LogP contribution in [-0.4, -0.2) is 42.4 Å². The van der Waals surface area contributed by atoms with Gasteiger partial charge in [0.25, 0.3) is 5.56 Å². The maximum absolute atomic E-state index is 11.4. The number of fused-ring (bicyclic) bond motifs is 1. The lowest BCUT2D eigenvalue weighted by Gasteiger charge is -2.40. The molecule has 0 radical (unpaired) electrons. The van der Waals surface area contributed by atoms with Crippen molar-refractivity contribution in [2.75, 3.05) is 6.61 Å². The molecule has 0 aliphatic heterocycles. The van der Waals surface area contributed by atoms with Gasteiger partial charge in [0.05, 0.1) is 24.8 Å². The average Bonchev–Trinajstić information content (AvgIpc) is 2.73. The van der Waals surface area contributed by atoms with Gasteiger partial charge >= 0.3 is 0 Å². The van der Waals surface area contributed by atoms with Gasteiger partial charge in [0, 0.05) is 12.5 Å². The summed E-state index contributed by atoms with van der Waals surface area (Å²) >= 11 is 0.